The van der Waals surface area contributed by atoms with E-state index < -0.39 is 0 Å². The average Bonchev–Trinajstić information content (AvgIpc) is 3.30. The van der Waals surface area contributed by atoms with Gasteiger partial charge in [-0.2, -0.15) is 5.10 Å². The number of nitrogens with one attached hydrogen (secondary N) is 2. The van der Waals surface area contributed by atoms with E-state index in [9.17, 15) is 5.11 Å². The number of aromatic amines is 1. The highest BCUT2D eigenvalue weighted by atomic mass is 35.5. The Morgan fingerprint density at radius 2 is 1.94 bits per heavy atom. The second-order valence-electron chi connectivity index (χ2n) is 7.56. The first kappa shape index (κ1) is 23.3. The zero-order chi connectivity index (χ0) is 21.8. The van der Waals surface area contributed by atoms with E-state index in [4.69, 9.17) is 9.72 Å². The number of fused-ring (bicyclic) bond motifs is 1. The maximum Gasteiger partial charge on any atom is 0.124 e. The van der Waals surface area contributed by atoms with E-state index >= 15 is 0 Å². The molecule has 0 aliphatic carbocycles. The van der Waals surface area contributed by atoms with Gasteiger partial charge in [-0.05, 0) is 18.2 Å². The summed E-state index contributed by atoms with van der Waals surface area (Å²) < 4.78 is 5.36. The molecule has 32 heavy (non-hydrogen) atoms. The maximum atomic E-state index is 10.2. The molecule has 2 aromatic heterocycles. The molecule has 0 fully saturated rings. The van der Waals surface area contributed by atoms with Crippen molar-refractivity contribution in [2.45, 2.75) is 19.9 Å². The van der Waals surface area contributed by atoms with Crippen LogP contribution < -0.4 is 15.0 Å². The summed E-state index contributed by atoms with van der Waals surface area (Å²) in [6.45, 7) is 5.70. The lowest BCUT2D eigenvalue weighted by Gasteiger charge is -2.26. The SMILES string of the molecule is COc1cc(O)cc(N(CCNC(C)C)c2ccc3ncc(-c4cn[nH]c4)nc3c2)c1.Cl. The van der Waals surface area contributed by atoms with Crippen molar-refractivity contribution in [2.75, 3.05) is 25.1 Å². The summed E-state index contributed by atoms with van der Waals surface area (Å²) in [6.07, 6.45) is 5.27. The number of rotatable bonds is 8. The van der Waals surface area contributed by atoms with E-state index in [-0.39, 0.29) is 18.2 Å². The lowest BCUT2D eigenvalue weighted by Crippen LogP contribution is -2.32. The fourth-order valence-electron chi connectivity index (χ4n) is 3.41. The molecule has 2 heterocycles. The van der Waals surface area contributed by atoms with Crippen LogP contribution in [0.15, 0.2) is 55.0 Å². The van der Waals surface area contributed by atoms with Crippen molar-refractivity contribution >= 4 is 34.8 Å². The van der Waals surface area contributed by atoms with Gasteiger partial charge in [-0.25, -0.2) is 4.98 Å². The average molecular weight is 455 g/mol. The topological polar surface area (TPSA) is 99.2 Å². The molecule has 0 atom stereocenters. The van der Waals surface area contributed by atoms with Crippen LogP contribution in [-0.2, 0) is 0 Å². The van der Waals surface area contributed by atoms with Crippen LogP contribution in [0.2, 0.25) is 0 Å². The monoisotopic (exact) mass is 454 g/mol. The minimum absolute atomic E-state index is 0. The fraction of sp³-hybridized carbons (Fsp3) is 0.261. The van der Waals surface area contributed by atoms with E-state index in [0.717, 1.165) is 40.2 Å². The van der Waals surface area contributed by atoms with Crippen LogP contribution in [-0.4, -0.2) is 51.5 Å². The first-order valence-corrected chi connectivity index (χ1v) is 10.2. The fourth-order valence-corrected chi connectivity index (χ4v) is 3.41. The van der Waals surface area contributed by atoms with Crippen LogP contribution in [0.25, 0.3) is 22.3 Å². The van der Waals surface area contributed by atoms with Gasteiger partial charge in [0.2, 0.25) is 0 Å². The zero-order valence-electron chi connectivity index (χ0n) is 18.2. The zero-order valence-corrected chi connectivity index (χ0v) is 19.1. The number of phenols is 1. The molecule has 0 saturated carbocycles. The summed E-state index contributed by atoms with van der Waals surface area (Å²) in [5, 5.41) is 20.4. The Balaban J connectivity index is 0.00000289. The predicted molar refractivity (Wildman–Crippen MR) is 129 cm³/mol. The maximum absolute atomic E-state index is 10.2. The minimum atomic E-state index is 0. The summed E-state index contributed by atoms with van der Waals surface area (Å²) in [5.41, 5.74) is 5.01. The van der Waals surface area contributed by atoms with Gasteiger partial charge in [-0.1, -0.05) is 13.8 Å². The molecule has 0 spiro atoms. The van der Waals surface area contributed by atoms with Gasteiger partial charge in [0.1, 0.15) is 11.5 Å². The third-order valence-corrected chi connectivity index (χ3v) is 4.94. The highest BCUT2D eigenvalue weighted by Crippen LogP contribution is 2.33. The van der Waals surface area contributed by atoms with Gasteiger partial charge < -0.3 is 20.1 Å². The Hall–Kier alpha value is -3.36. The van der Waals surface area contributed by atoms with Crippen LogP contribution in [0.4, 0.5) is 11.4 Å². The number of ether oxygens (including phenoxy) is 1. The Bertz CT molecular complexity index is 1170. The van der Waals surface area contributed by atoms with Crippen molar-refractivity contribution in [3.63, 3.8) is 0 Å². The van der Waals surface area contributed by atoms with Crippen molar-refractivity contribution in [3.8, 4) is 22.8 Å². The molecule has 9 heteroatoms. The molecule has 0 bridgehead atoms. The lowest BCUT2D eigenvalue weighted by atomic mass is 10.2. The third-order valence-electron chi connectivity index (χ3n) is 4.94. The van der Waals surface area contributed by atoms with Gasteiger partial charge in [-0.15, -0.1) is 12.4 Å². The van der Waals surface area contributed by atoms with Crippen molar-refractivity contribution in [1.29, 1.82) is 0 Å². The van der Waals surface area contributed by atoms with E-state index in [1.807, 2.05) is 24.3 Å². The molecule has 8 nitrogen and oxygen atoms in total. The normalized spacial score (nSPS) is 10.9. The van der Waals surface area contributed by atoms with Crippen molar-refractivity contribution in [3.05, 3.63) is 55.0 Å². The number of anilines is 2. The van der Waals surface area contributed by atoms with Crippen molar-refractivity contribution < 1.29 is 9.84 Å². The molecule has 0 aliphatic rings. The van der Waals surface area contributed by atoms with Gasteiger partial charge in [-0.3, -0.25) is 10.1 Å². The molecule has 0 unspecified atom stereocenters. The standard InChI is InChI=1S/C23H26N6O2.ClH/c1-15(2)24-6-7-29(18-8-19(30)11-20(9-18)31-3)17-4-5-21-22(10-17)28-23(14-25-21)16-12-26-27-13-16;/h4-5,8-15,24,30H,6-7H2,1-3H3,(H,26,27);1H. The number of H-pyrrole nitrogens is 1. The Morgan fingerprint density at radius 3 is 2.66 bits per heavy atom. The number of hydrogen-bond donors (Lipinski definition) is 3. The van der Waals surface area contributed by atoms with E-state index in [1.165, 1.54) is 0 Å². The Labute approximate surface area is 193 Å². The number of hydrogen-bond acceptors (Lipinski definition) is 7. The third kappa shape index (κ3) is 5.27. The number of benzene rings is 2. The molecule has 3 N–H and O–H groups in total. The number of methoxy groups -OCH3 is 1. The van der Waals surface area contributed by atoms with Gasteiger partial charge >= 0.3 is 0 Å². The summed E-state index contributed by atoms with van der Waals surface area (Å²) in [6, 6.07) is 11.6. The second kappa shape index (κ2) is 10.3. The summed E-state index contributed by atoms with van der Waals surface area (Å²) in [7, 11) is 1.59. The molecule has 0 aliphatic heterocycles. The summed E-state index contributed by atoms with van der Waals surface area (Å²) >= 11 is 0. The lowest BCUT2D eigenvalue weighted by molar-refractivity contribution is 0.408. The van der Waals surface area contributed by atoms with Crippen LogP contribution in [0.3, 0.4) is 0 Å². The molecule has 0 amide bonds. The molecule has 0 radical (unpaired) electrons. The minimum Gasteiger partial charge on any atom is -0.508 e. The van der Waals surface area contributed by atoms with Crippen LogP contribution in [0.5, 0.6) is 11.5 Å². The van der Waals surface area contributed by atoms with Gasteiger partial charge in [0.15, 0.2) is 0 Å². The number of aromatic nitrogens is 4. The molecular weight excluding hydrogens is 428 g/mol. The largest absolute Gasteiger partial charge is 0.508 e. The molecule has 168 valence electrons. The highest BCUT2D eigenvalue weighted by Gasteiger charge is 2.14. The van der Waals surface area contributed by atoms with Crippen LogP contribution >= 0.6 is 12.4 Å². The molecule has 4 aromatic rings. The van der Waals surface area contributed by atoms with Crippen LogP contribution in [0, 0.1) is 0 Å². The predicted octanol–water partition coefficient (Wildman–Crippen LogP) is 4.29. The molecule has 0 saturated heterocycles. The highest BCUT2D eigenvalue weighted by molar-refractivity contribution is 5.85. The van der Waals surface area contributed by atoms with Gasteiger partial charge in [0, 0.05) is 60.5 Å². The van der Waals surface area contributed by atoms with E-state index in [2.05, 4.69) is 39.2 Å². The quantitative estimate of drug-likeness (QED) is 0.365. The molecular formula is C23H27ClN6O2. The van der Waals surface area contributed by atoms with Crippen LogP contribution in [0.1, 0.15) is 13.8 Å². The summed E-state index contributed by atoms with van der Waals surface area (Å²) in [5.74, 6) is 0.749. The second-order valence-corrected chi connectivity index (χ2v) is 7.56. The van der Waals surface area contributed by atoms with Crippen molar-refractivity contribution in [2.24, 2.45) is 0 Å². The number of phenolic OH excluding ortho intramolecular Hbond substituents is 1. The first-order chi connectivity index (χ1) is 15.0. The number of halogens is 1. The van der Waals surface area contributed by atoms with Gasteiger partial charge in [0.25, 0.3) is 0 Å². The smallest absolute Gasteiger partial charge is 0.124 e. The molecule has 4 rings (SSSR count). The number of nitrogens with zero attached hydrogens (tertiary/aromatic N) is 4. The number of aromatic hydroxyl groups is 1. The Kier molecular flexibility index (Phi) is 7.50. The first-order valence-electron chi connectivity index (χ1n) is 10.2. The van der Waals surface area contributed by atoms with E-state index in [0.29, 0.717) is 18.3 Å². The van der Waals surface area contributed by atoms with Crippen molar-refractivity contribution in [1.82, 2.24) is 25.5 Å². The van der Waals surface area contributed by atoms with E-state index in [1.54, 1.807) is 37.8 Å². The Morgan fingerprint density at radius 1 is 1.09 bits per heavy atom. The molecule has 2 aromatic carbocycles. The van der Waals surface area contributed by atoms with Gasteiger partial charge in [0.05, 0.1) is 36.2 Å². The summed E-state index contributed by atoms with van der Waals surface area (Å²) in [4.78, 5) is 11.4.